The summed E-state index contributed by atoms with van der Waals surface area (Å²) in [4.78, 5) is 36.3. The van der Waals surface area contributed by atoms with Crippen molar-refractivity contribution in [3.05, 3.63) is 54.1 Å². The van der Waals surface area contributed by atoms with Crippen molar-refractivity contribution in [1.29, 1.82) is 5.26 Å². The van der Waals surface area contributed by atoms with E-state index < -0.39 is 30.0 Å². The van der Waals surface area contributed by atoms with Crippen molar-refractivity contribution >= 4 is 29.2 Å². The molecule has 0 fully saturated rings. The first-order valence-electron chi connectivity index (χ1n) is 8.53. The highest BCUT2D eigenvalue weighted by molar-refractivity contribution is 6.00. The Bertz CT molecular complexity index is 949. The zero-order valence-electron chi connectivity index (χ0n) is 15.0. The molecule has 2 aromatic rings. The Morgan fingerprint density at radius 2 is 1.96 bits per heavy atom. The minimum Gasteiger partial charge on any atom is -0.478 e. The van der Waals surface area contributed by atoms with Crippen molar-refractivity contribution in [2.75, 3.05) is 10.6 Å². The molecule has 0 saturated heterocycles. The Kier molecular flexibility index (Phi) is 5.56. The number of fused-ring (bicyclic) bond motifs is 1. The molecular formula is C20H17N3O5. The third-order valence-electron chi connectivity index (χ3n) is 4.02. The molecule has 0 saturated carbocycles. The van der Waals surface area contributed by atoms with Crippen LogP contribution in [0.4, 0.5) is 11.4 Å². The van der Waals surface area contributed by atoms with Crippen LogP contribution in [-0.2, 0) is 19.1 Å². The summed E-state index contributed by atoms with van der Waals surface area (Å²) in [6, 6.07) is 15.1. The smallest absolute Gasteiger partial charge is 0.310 e. The van der Waals surface area contributed by atoms with E-state index >= 15 is 0 Å². The zero-order valence-corrected chi connectivity index (χ0v) is 15.0. The summed E-state index contributed by atoms with van der Waals surface area (Å²) < 4.78 is 10.6. The number of para-hydroxylation sites is 2. The molecule has 3 rings (SSSR count). The van der Waals surface area contributed by atoms with Gasteiger partial charge in [-0.2, -0.15) is 5.26 Å². The van der Waals surface area contributed by atoms with Crippen LogP contribution in [0.15, 0.2) is 48.5 Å². The normalized spacial score (nSPS) is 15.9. The molecule has 2 unspecified atom stereocenters. The van der Waals surface area contributed by atoms with Crippen LogP contribution in [0, 0.1) is 11.3 Å². The largest absolute Gasteiger partial charge is 0.478 e. The van der Waals surface area contributed by atoms with Gasteiger partial charge in [-0.25, -0.2) is 0 Å². The molecule has 2 N–H and O–H groups in total. The molecule has 28 heavy (non-hydrogen) atoms. The Balaban J connectivity index is 1.53. The van der Waals surface area contributed by atoms with E-state index in [9.17, 15) is 14.4 Å². The van der Waals surface area contributed by atoms with Crippen molar-refractivity contribution in [2.24, 2.45) is 0 Å². The fraction of sp³-hybridized carbons (Fsp3) is 0.200. The molecule has 2 aromatic carbocycles. The minimum absolute atomic E-state index is 0.325. The number of benzene rings is 2. The number of ether oxygens (including phenoxy) is 2. The first kappa shape index (κ1) is 18.9. The maximum absolute atomic E-state index is 12.2. The minimum atomic E-state index is -1.07. The third-order valence-corrected chi connectivity index (χ3v) is 4.02. The zero-order chi connectivity index (χ0) is 20.1. The van der Waals surface area contributed by atoms with E-state index in [0.717, 1.165) is 0 Å². The van der Waals surface area contributed by atoms with Crippen LogP contribution >= 0.6 is 0 Å². The van der Waals surface area contributed by atoms with E-state index in [1.807, 2.05) is 6.07 Å². The van der Waals surface area contributed by atoms with Gasteiger partial charge >= 0.3 is 5.97 Å². The highest BCUT2D eigenvalue weighted by Gasteiger charge is 2.31. The SMILES string of the molecule is CC(OC(=O)CC1Oc2ccccc2NC1=O)C(=O)Nc1ccc(C#N)cc1. The average Bonchev–Trinajstić information content (AvgIpc) is 2.69. The lowest BCUT2D eigenvalue weighted by atomic mass is 10.1. The second kappa shape index (κ2) is 8.22. The standard InChI is InChI=1S/C20H17N3O5/c1-12(19(25)22-14-8-6-13(11-21)7-9-14)27-18(24)10-17-20(26)23-15-4-2-3-5-16(15)28-17/h2-9,12,17H,10H2,1H3,(H,22,25)(H,23,26). The summed E-state index contributed by atoms with van der Waals surface area (Å²) in [6.45, 7) is 1.42. The van der Waals surface area contributed by atoms with E-state index in [4.69, 9.17) is 14.7 Å². The summed E-state index contributed by atoms with van der Waals surface area (Å²) in [6.07, 6.45) is -2.42. The molecular weight excluding hydrogens is 362 g/mol. The van der Waals surface area contributed by atoms with Gasteiger partial charge in [-0.1, -0.05) is 12.1 Å². The number of rotatable bonds is 5. The fourth-order valence-corrected chi connectivity index (χ4v) is 2.55. The summed E-state index contributed by atoms with van der Waals surface area (Å²) in [5, 5.41) is 14.0. The molecule has 1 heterocycles. The van der Waals surface area contributed by atoms with E-state index in [2.05, 4.69) is 10.6 Å². The van der Waals surface area contributed by atoms with Crippen molar-refractivity contribution in [2.45, 2.75) is 25.6 Å². The second-order valence-corrected chi connectivity index (χ2v) is 6.11. The van der Waals surface area contributed by atoms with E-state index in [1.54, 1.807) is 48.5 Å². The Labute approximate surface area is 161 Å². The first-order chi connectivity index (χ1) is 13.5. The van der Waals surface area contributed by atoms with Gasteiger partial charge in [-0.05, 0) is 43.3 Å². The lowest BCUT2D eigenvalue weighted by Gasteiger charge is -2.25. The highest BCUT2D eigenvalue weighted by atomic mass is 16.6. The van der Waals surface area contributed by atoms with Gasteiger partial charge in [0, 0.05) is 5.69 Å². The lowest BCUT2D eigenvalue weighted by molar-refractivity contribution is -0.155. The topological polar surface area (TPSA) is 118 Å². The Morgan fingerprint density at radius 1 is 1.25 bits per heavy atom. The first-order valence-corrected chi connectivity index (χ1v) is 8.53. The van der Waals surface area contributed by atoms with Crippen LogP contribution in [0.3, 0.4) is 0 Å². The summed E-state index contributed by atoms with van der Waals surface area (Å²) in [5.41, 5.74) is 1.47. The van der Waals surface area contributed by atoms with Crippen LogP contribution in [0.25, 0.3) is 0 Å². The number of anilines is 2. The lowest BCUT2D eigenvalue weighted by Crippen LogP contribution is -2.40. The molecule has 0 spiro atoms. The maximum Gasteiger partial charge on any atom is 0.310 e. The van der Waals surface area contributed by atoms with E-state index in [1.165, 1.54) is 6.92 Å². The number of nitriles is 1. The summed E-state index contributed by atoms with van der Waals surface area (Å²) in [7, 11) is 0. The van der Waals surface area contributed by atoms with Gasteiger partial charge in [0.2, 0.25) is 0 Å². The van der Waals surface area contributed by atoms with Crippen LogP contribution in [0.5, 0.6) is 5.75 Å². The number of hydrogen-bond acceptors (Lipinski definition) is 6. The fourth-order valence-electron chi connectivity index (χ4n) is 2.55. The predicted octanol–water partition coefficient (Wildman–Crippen LogP) is 2.22. The van der Waals surface area contributed by atoms with Gasteiger partial charge < -0.3 is 20.1 Å². The van der Waals surface area contributed by atoms with Crippen molar-refractivity contribution in [1.82, 2.24) is 0 Å². The molecule has 2 atom stereocenters. The number of carbonyl (C=O) groups is 3. The third kappa shape index (κ3) is 4.45. The molecule has 0 bridgehead atoms. The average molecular weight is 379 g/mol. The molecule has 0 aromatic heterocycles. The van der Waals surface area contributed by atoms with Gasteiger partial charge in [-0.15, -0.1) is 0 Å². The molecule has 8 heteroatoms. The molecule has 0 aliphatic carbocycles. The second-order valence-electron chi connectivity index (χ2n) is 6.11. The monoisotopic (exact) mass is 379 g/mol. The maximum atomic E-state index is 12.2. The molecule has 142 valence electrons. The number of nitrogens with zero attached hydrogens (tertiary/aromatic N) is 1. The molecule has 2 amide bonds. The van der Waals surface area contributed by atoms with Crippen LogP contribution in [0.1, 0.15) is 18.9 Å². The molecule has 8 nitrogen and oxygen atoms in total. The van der Waals surface area contributed by atoms with Gasteiger partial charge in [0.15, 0.2) is 12.2 Å². The van der Waals surface area contributed by atoms with Gasteiger partial charge in [0.1, 0.15) is 5.75 Å². The number of nitrogens with one attached hydrogen (secondary N) is 2. The molecule has 0 radical (unpaired) electrons. The predicted molar refractivity (Wildman–Crippen MR) is 99.4 cm³/mol. The Morgan fingerprint density at radius 3 is 2.68 bits per heavy atom. The van der Waals surface area contributed by atoms with Crippen LogP contribution < -0.4 is 15.4 Å². The van der Waals surface area contributed by atoms with Gasteiger partial charge in [0.05, 0.1) is 23.7 Å². The van der Waals surface area contributed by atoms with Gasteiger partial charge in [-0.3, -0.25) is 14.4 Å². The molecule has 1 aliphatic heterocycles. The Hall–Kier alpha value is -3.86. The highest BCUT2D eigenvalue weighted by Crippen LogP contribution is 2.29. The van der Waals surface area contributed by atoms with Crippen molar-refractivity contribution in [3.8, 4) is 11.8 Å². The number of amides is 2. The van der Waals surface area contributed by atoms with Crippen molar-refractivity contribution < 1.29 is 23.9 Å². The van der Waals surface area contributed by atoms with E-state index in [0.29, 0.717) is 22.7 Å². The number of hydrogen-bond donors (Lipinski definition) is 2. The molecule has 1 aliphatic rings. The van der Waals surface area contributed by atoms with Crippen LogP contribution in [-0.4, -0.2) is 30.0 Å². The number of carbonyl (C=O) groups excluding carboxylic acids is 3. The van der Waals surface area contributed by atoms with E-state index in [-0.39, 0.29) is 6.42 Å². The number of esters is 1. The van der Waals surface area contributed by atoms with Crippen molar-refractivity contribution in [3.63, 3.8) is 0 Å². The summed E-state index contributed by atoms with van der Waals surface area (Å²) >= 11 is 0. The van der Waals surface area contributed by atoms with Gasteiger partial charge in [0.25, 0.3) is 11.8 Å². The summed E-state index contributed by atoms with van der Waals surface area (Å²) in [5.74, 6) is -1.25. The quantitative estimate of drug-likeness (QED) is 0.769. The van der Waals surface area contributed by atoms with Crippen LogP contribution in [0.2, 0.25) is 0 Å².